The summed E-state index contributed by atoms with van der Waals surface area (Å²) in [7, 11) is 0. The minimum Gasteiger partial charge on any atom is -0.133 e. The summed E-state index contributed by atoms with van der Waals surface area (Å²) in [6, 6.07) is 10.7. The number of rotatable bonds is 5. The van der Waals surface area contributed by atoms with E-state index in [0.717, 1.165) is 0 Å². The van der Waals surface area contributed by atoms with E-state index in [4.69, 9.17) is 0 Å². The Labute approximate surface area is 102 Å². The van der Waals surface area contributed by atoms with Crippen molar-refractivity contribution in [1.82, 2.24) is 0 Å². The summed E-state index contributed by atoms with van der Waals surface area (Å²) in [6.45, 7) is 2.24. The lowest BCUT2D eigenvalue weighted by molar-refractivity contribution is -0.492. The summed E-state index contributed by atoms with van der Waals surface area (Å²) in [5.41, 5.74) is 0. The van der Waals surface area contributed by atoms with Crippen molar-refractivity contribution < 1.29 is 3.97 Å². The molecule has 0 amide bonds. The van der Waals surface area contributed by atoms with E-state index in [1.807, 2.05) is 11.9 Å². The molecule has 2 rings (SSSR count). The van der Waals surface area contributed by atoms with Crippen LogP contribution in [0.2, 0.25) is 0 Å². The van der Waals surface area contributed by atoms with Crippen LogP contribution in [0, 0.1) is 0 Å². The Kier molecular flexibility index (Phi) is 4.23. The van der Waals surface area contributed by atoms with E-state index in [0.29, 0.717) is 0 Å². The van der Waals surface area contributed by atoms with E-state index in [-0.39, 0.29) is 0 Å². The highest BCUT2D eigenvalue weighted by molar-refractivity contribution is 7.92. The molecule has 0 saturated carbocycles. The average Bonchev–Trinajstić information content (AvgIpc) is 2.34. The van der Waals surface area contributed by atoms with Crippen LogP contribution in [0.4, 0.5) is 0 Å². The van der Waals surface area contributed by atoms with Gasteiger partial charge >= 0.3 is 0 Å². The van der Waals surface area contributed by atoms with E-state index in [1.54, 1.807) is 0 Å². The van der Waals surface area contributed by atoms with Crippen molar-refractivity contribution in [2.24, 2.45) is 0 Å². The van der Waals surface area contributed by atoms with Gasteiger partial charge in [-0.25, -0.2) is 0 Å². The van der Waals surface area contributed by atoms with Gasteiger partial charge in [-0.3, -0.25) is 0 Å². The first-order chi connectivity index (χ1) is 7.90. The number of benzene rings is 1. The van der Waals surface area contributed by atoms with Crippen LogP contribution in [0.25, 0.3) is 10.8 Å². The van der Waals surface area contributed by atoms with Gasteiger partial charge in [-0.1, -0.05) is 38.0 Å². The molecule has 2 heteroatoms. The van der Waals surface area contributed by atoms with Crippen LogP contribution in [-0.4, -0.2) is 5.75 Å². The first-order valence-electron chi connectivity index (χ1n) is 5.93. The fourth-order valence-corrected chi connectivity index (χ4v) is 2.60. The Morgan fingerprint density at radius 1 is 1.06 bits per heavy atom. The van der Waals surface area contributed by atoms with E-state index in [2.05, 4.69) is 53.6 Å². The molecule has 1 heterocycles. The van der Waals surface area contributed by atoms with Gasteiger partial charge in [0.05, 0.1) is 5.75 Å². The molecule has 0 bridgehead atoms. The fourth-order valence-electron chi connectivity index (χ4n) is 1.72. The fraction of sp³-hybridized carbons (Fsp3) is 0.357. The number of hydrogen-bond acceptors (Lipinski definition) is 1. The molecule has 0 aliphatic carbocycles. The predicted molar refractivity (Wildman–Crippen MR) is 71.5 cm³/mol. The van der Waals surface area contributed by atoms with E-state index >= 15 is 0 Å². The molecule has 0 fully saturated rings. The molecular weight excluding hydrogens is 214 g/mol. The molecule has 1 aromatic heterocycles. The van der Waals surface area contributed by atoms with Gasteiger partial charge in [0.2, 0.25) is 0 Å². The Bertz CT molecular complexity index is 453. The largest absolute Gasteiger partial charge is 0.191 e. The van der Waals surface area contributed by atoms with Gasteiger partial charge in [-0.2, -0.15) is 0 Å². The smallest absolute Gasteiger partial charge is 0.133 e. The maximum atomic E-state index is 2.24. The van der Waals surface area contributed by atoms with Crippen molar-refractivity contribution in [3.8, 4) is 0 Å². The molecule has 16 heavy (non-hydrogen) atoms. The molecular formula is C14H18NS+. The second-order valence-corrected chi connectivity index (χ2v) is 5.06. The van der Waals surface area contributed by atoms with Crippen LogP contribution >= 0.6 is 11.9 Å². The predicted octanol–water partition coefficient (Wildman–Crippen LogP) is 3.81. The summed E-state index contributed by atoms with van der Waals surface area (Å²) >= 11 is 1.89. The van der Waals surface area contributed by atoms with Gasteiger partial charge in [0, 0.05) is 11.5 Å². The van der Waals surface area contributed by atoms with Crippen molar-refractivity contribution in [1.29, 1.82) is 0 Å². The zero-order chi connectivity index (χ0) is 11.2. The standard InChI is InChI=1S/C14H18NS/c1-2-3-6-11-16-15-10-9-13-7-4-5-8-14(13)12-15/h4-5,7-10,12H,2-3,6,11H2,1H3/q+1. The molecule has 2 aromatic rings. The van der Waals surface area contributed by atoms with Crippen molar-refractivity contribution in [2.75, 3.05) is 5.75 Å². The summed E-state index contributed by atoms with van der Waals surface area (Å²) in [6.07, 6.45) is 8.30. The van der Waals surface area contributed by atoms with Crippen LogP contribution in [0.5, 0.6) is 0 Å². The van der Waals surface area contributed by atoms with Gasteiger partial charge in [-0.05, 0) is 17.9 Å². The van der Waals surface area contributed by atoms with Crippen LogP contribution < -0.4 is 3.97 Å². The van der Waals surface area contributed by atoms with E-state index < -0.39 is 0 Å². The van der Waals surface area contributed by atoms with Gasteiger partial charge in [0.15, 0.2) is 24.3 Å². The molecule has 0 spiro atoms. The summed E-state index contributed by atoms with van der Waals surface area (Å²) < 4.78 is 2.22. The number of fused-ring (bicyclic) bond motifs is 1. The minimum atomic E-state index is 1.21. The molecule has 84 valence electrons. The van der Waals surface area contributed by atoms with Crippen LogP contribution in [-0.2, 0) is 0 Å². The maximum absolute atomic E-state index is 2.24. The second-order valence-electron chi connectivity index (χ2n) is 3.97. The number of aromatic nitrogens is 1. The quantitative estimate of drug-likeness (QED) is 0.560. The van der Waals surface area contributed by atoms with E-state index in [9.17, 15) is 0 Å². The number of unbranched alkanes of at least 4 members (excludes halogenated alkanes) is 2. The third-order valence-electron chi connectivity index (χ3n) is 2.65. The van der Waals surface area contributed by atoms with Crippen molar-refractivity contribution in [3.63, 3.8) is 0 Å². The molecule has 0 aliphatic heterocycles. The Hall–Kier alpha value is -1.02. The molecule has 0 N–H and O–H groups in total. The molecule has 0 atom stereocenters. The SMILES string of the molecule is CCCCCS[n+]1ccc2ccccc2c1. The lowest BCUT2D eigenvalue weighted by Crippen LogP contribution is -2.24. The minimum absolute atomic E-state index is 1.21. The first kappa shape index (κ1) is 11.5. The van der Waals surface area contributed by atoms with Crippen LogP contribution in [0.1, 0.15) is 26.2 Å². The summed E-state index contributed by atoms with van der Waals surface area (Å²) in [4.78, 5) is 0. The number of pyridine rings is 1. The van der Waals surface area contributed by atoms with Gasteiger partial charge in [-0.15, -0.1) is 3.97 Å². The third kappa shape index (κ3) is 2.99. The van der Waals surface area contributed by atoms with Gasteiger partial charge in [0.25, 0.3) is 0 Å². The highest BCUT2D eigenvalue weighted by atomic mass is 32.2. The van der Waals surface area contributed by atoms with Crippen LogP contribution in [0.15, 0.2) is 42.7 Å². The average molecular weight is 232 g/mol. The maximum Gasteiger partial charge on any atom is 0.191 e. The molecule has 0 saturated heterocycles. The van der Waals surface area contributed by atoms with Crippen molar-refractivity contribution in [3.05, 3.63) is 42.7 Å². The number of hydrogen-bond donors (Lipinski definition) is 0. The molecule has 0 aliphatic rings. The lowest BCUT2D eigenvalue weighted by Gasteiger charge is -1.97. The van der Waals surface area contributed by atoms with Gasteiger partial charge in [0.1, 0.15) is 0 Å². The first-order valence-corrected chi connectivity index (χ1v) is 6.88. The molecule has 0 unspecified atom stereocenters. The van der Waals surface area contributed by atoms with Crippen molar-refractivity contribution in [2.45, 2.75) is 26.2 Å². The highest BCUT2D eigenvalue weighted by Gasteiger charge is 2.03. The third-order valence-corrected chi connectivity index (χ3v) is 3.65. The Morgan fingerprint density at radius 2 is 1.88 bits per heavy atom. The zero-order valence-corrected chi connectivity index (χ0v) is 10.5. The zero-order valence-electron chi connectivity index (χ0n) is 9.73. The second kappa shape index (κ2) is 5.90. The highest BCUT2D eigenvalue weighted by Crippen LogP contribution is 2.11. The van der Waals surface area contributed by atoms with Gasteiger partial charge < -0.3 is 0 Å². The van der Waals surface area contributed by atoms with E-state index in [1.165, 1.54) is 35.8 Å². The molecule has 1 nitrogen and oxygen atoms in total. The number of nitrogens with zero attached hydrogens (tertiary/aromatic N) is 1. The summed E-state index contributed by atoms with van der Waals surface area (Å²) in [5.74, 6) is 1.21. The molecule has 1 aromatic carbocycles. The monoisotopic (exact) mass is 232 g/mol. The summed E-state index contributed by atoms with van der Waals surface area (Å²) in [5, 5.41) is 2.63. The Morgan fingerprint density at radius 3 is 2.69 bits per heavy atom. The lowest BCUT2D eigenvalue weighted by atomic mass is 10.2. The Balaban J connectivity index is 2.02. The normalized spacial score (nSPS) is 10.8. The topological polar surface area (TPSA) is 3.88 Å². The van der Waals surface area contributed by atoms with Crippen molar-refractivity contribution >= 4 is 22.7 Å². The molecule has 0 radical (unpaired) electrons. The van der Waals surface area contributed by atoms with Crippen LogP contribution in [0.3, 0.4) is 0 Å².